The van der Waals surface area contributed by atoms with Gasteiger partial charge in [-0.15, -0.1) is 0 Å². The van der Waals surface area contributed by atoms with Crippen molar-refractivity contribution in [2.75, 3.05) is 6.61 Å². The van der Waals surface area contributed by atoms with E-state index in [1.165, 1.54) is 11.1 Å². The number of rotatable bonds is 9. The van der Waals surface area contributed by atoms with E-state index in [2.05, 4.69) is 45.9 Å². The van der Waals surface area contributed by atoms with Crippen LogP contribution >= 0.6 is 0 Å². The monoisotopic (exact) mass is 330 g/mol. The Kier molecular flexibility index (Phi) is 8.24. The van der Waals surface area contributed by atoms with Gasteiger partial charge in [0, 0.05) is 0 Å². The number of carbonyl (C=O) groups excluding carboxylic acids is 1. The van der Waals surface area contributed by atoms with Crippen molar-refractivity contribution in [1.29, 1.82) is 0 Å². The quantitative estimate of drug-likeness (QED) is 0.402. The predicted octanol–water partition coefficient (Wildman–Crippen LogP) is 6.13. The molecular formula is C22H34O2. The third-order valence-corrected chi connectivity index (χ3v) is 4.96. The van der Waals surface area contributed by atoms with Crippen molar-refractivity contribution in [1.82, 2.24) is 0 Å². The minimum Gasteiger partial charge on any atom is -0.465 e. The molecule has 1 aromatic rings. The Balaban J connectivity index is 2.44. The zero-order chi connectivity index (χ0) is 18.2. The first-order chi connectivity index (χ1) is 11.2. The molecular weight excluding hydrogens is 296 g/mol. The molecule has 0 aliphatic carbocycles. The summed E-state index contributed by atoms with van der Waals surface area (Å²) in [6.45, 7) is 13.0. The highest BCUT2D eigenvalue weighted by Crippen LogP contribution is 2.36. The Morgan fingerprint density at radius 3 is 2.33 bits per heavy atom. The zero-order valence-electron chi connectivity index (χ0n) is 16.3. The molecule has 0 bridgehead atoms. The van der Waals surface area contributed by atoms with Gasteiger partial charge in [0.15, 0.2) is 0 Å². The van der Waals surface area contributed by atoms with Crippen LogP contribution in [0.1, 0.15) is 72.3 Å². The number of allylic oxidation sites excluding steroid dienone is 2. The van der Waals surface area contributed by atoms with Gasteiger partial charge >= 0.3 is 5.97 Å². The van der Waals surface area contributed by atoms with E-state index in [9.17, 15) is 4.79 Å². The number of hydrogen-bond acceptors (Lipinski definition) is 2. The maximum atomic E-state index is 12.5. The van der Waals surface area contributed by atoms with Gasteiger partial charge in [-0.3, -0.25) is 4.79 Å². The van der Waals surface area contributed by atoms with E-state index < -0.39 is 5.41 Å². The Hall–Kier alpha value is -1.57. The van der Waals surface area contributed by atoms with Gasteiger partial charge in [-0.2, -0.15) is 0 Å². The first-order valence-corrected chi connectivity index (χ1v) is 9.10. The van der Waals surface area contributed by atoms with Gasteiger partial charge < -0.3 is 4.74 Å². The molecule has 0 N–H and O–H groups in total. The van der Waals surface area contributed by atoms with E-state index in [1.807, 2.05) is 32.0 Å². The van der Waals surface area contributed by atoms with Crippen LogP contribution in [0.4, 0.5) is 0 Å². The van der Waals surface area contributed by atoms with Crippen molar-refractivity contribution in [3.63, 3.8) is 0 Å². The van der Waals surface area contributed by atoms with Crippen LogP contribution in [0.5, 0.6) is 0 Å². The third kappa shape index (κ3) is 6.51. The summed E-state index contributed by atoms with van der Waals surface area (Å²) in [5.74, 6) is 0.597. The predicted molar refractivity (Wildman–Crippen MR) is 102 cm³/mol. The van der Waals surface area contributed by atoms with E-state index >= 15 is 0 Å². The zero-order valence-corrected chi connectivity index (χ0v) is 16.3. The average molecular weight is 331 g/mol. The Morgan fingerprint density at radius 1 is 1.12 bits per heavy atom. The molecule has 0 aliphatic rings. The summed E-state index contributed by atoms with van der Waals surface area (Å²) in [6.07, 6.45) is 5.45. The maximum absolute atomic E-state index is 12.5. The van der Waals surface area contributed by atoms with Crippen LogP contribution in [-0.2, 0) is 9.53 Å². The maximum Gasteiger partial charge on any atom is 0.312 e. The van der Waals surface area contributed by atoms with Crippen LogP contribution in [0, 0.1) is 11.3 Å². The molecule has 0 saturated carbocycles. The molecule has 134 valence electrons. The third-order valence-electron chi connectivity index (χ3n) is 4.96. The highest BCUT2D eigenvalue weighted by atomic mass is 16.5. The molecule has 0 fully saturated rings. The molecule has 2 heteroatoms. The van der Waals surface area contributed by atoms with Crippen molar-refractivity contribution in [2.24, 2.45) is 11.3 Å². The lowest BCUT2D eigenvalue weighted by atomic mass is 9.76. The fourth-order valence-electron chi connectivity index (χ4n) is 2.67. The number of hydrogen-bond donors (Lipinski definition) is 0. The lowest BCUT2D eigenvalue weighted by molar-refractivity contribution is -0.155. The summed E-state index contributed by atoms with van der Waals surface area (Å²) in [5.41, 5.74) is 2.02. The van der Waals surface area contributed by atoms with Crippen molar-refractivity contribution >= 4 is 5.97 Å². The first-order valence-electron chi connectivity index (χ1n) is 9.10. The largest absolute Gasteiger partial charge is 0.465 e. The second kappa shape index (κ2) is 9.66. The van der Waals surface area contributed by atoms with Gasteiger partial charge in [0.05, 0.1) is 12.0 Å². The van der Waals surface area contributed by atoms with E-state index in [0.717, 1.165) is 19.3 Å². The highest BCUT2D eigenvalue weighted by Gasteiger charge is 2.36. The Morgan fingerprint density at radius 2 is 1.75 bits per heavy atom. The summed E-state index contributed by atoms with van der Waals surface area (Å²) in [7, 11) is 0. The van der Waals surface area contributed by atoms with Crippen LogP contribution in [-0.4, -0.2) is 12.6 Å². The van der Waals surface area contributed by atoms with Crippen LogP contribution in [0.25, 0.3) is 0 Å². The lowest BCUT2D eigenvalue weighted by Gasteiger charge is -2.30. The molecule has 2 atom stereocenters. The highest BCUT2D eigenvalue weighted by molar-refractivity contribution is 5.77. The summed E-state index contributed by atoms with van der Waals surface area (Å²) >= 11 is 0. The van der Waals surface area contributed by atoms with Crippen molar-refractivity contribution in [3.8, 4) is 0 Å². The standard InChI is InChI=1S/C22H34O2/c1-17(2)11-10-12-18(3)15-16-24-21(23)22(5,6)19(4)20-13-8-7-9-14-20/h7-9,11,13-14,18-19H,10,12,15-16H2,1-6H3. The molecule has 24 heavy (non-hydrogen) atoms. The van der Waals surface area contributed by atoms with Crippen molar-refractivity contribution in [3.05, 3.63) is 47.5 Å². The second-order valence-electron chi connectivity index (χ2n) is 7.74. The molecule has 2 unspecified atom stereocenters. The number of esters is 1. The minimum absolute atomic E-state index is 0.102. The molecule has 1 rings (SSSR count). The normalized spacial score (nSPS) is 13.9. The van der Waals surface area contributed by atoms with Crippen molar-refractivity contribution in [2.45, 2.75) is 66.7 Å². The van der Waals surface area contributed by atoms with Gasteiger partial charge in [-0.1, -0.05) is 55.8 Å². The fourth-order valence-corrected chi connectivity index (χ4v) is 2.67. The molecule has 1 aromatic carbocycles. The van der Waals surface area contributed by atoms with Crippen LogP contribution in [0.3, 0.4) is 0 Å². The molecule has 0 amide bonds. The SMILES string of the molecule is CC(C)=CCCC(C)CCOC(=O)C(C)(C)C(C)c1ccccc1. The molecule has 0 saturated heterocycles. The molecule has 0 aromatic heterocycles. The van der Waals surface area contributed by atoms with Gasteiger partial charge in [0.1, 0.15) is 0 Å². The van der Waals surface area contributed by atoms with E-state index in [-0.39, 0.29) is 11.9 Å². The van der Waals surface area contributed by atoms with Gasteiger partial charge in [-0.05, 0) is 64.4 Å². The second-order valence-corrected chi connectivity index (χ2v) is 7.74. The van der Waals surface area contributed by atoms with Gasteiger partial charge in [-0.25, -0.2) is 0 Å². The van der Waals surface area contributed by atoms with Gasteiger partial charge in [0.25, 0.3) is 0 Å². The lowest BCUT2D eigenvalue weighted by Crippen LogP contribution is -2.32. The number of carbonyl (C=O) groups is 1. The first kappa shape index (κ1) is 20.5. The molecule has 0 spiro atoms. The van der Waals surface area contributed by atoms with Crippen molar-refractivity contribution < 1.29 is 9.53 Å². The number of ether oxygens (including phenoxy) is 1. The number of benzene rings is 1. The van der Waals surface area contributed by atoms with E-state index in [0.29, 0.717) is 12.5 Å². The Bertz CT molecular complexity index is 524. The van der Waals surface area contributed by atoms with Gasteiger partial charge in [0.2, 0.25) is 0 Å². The van der Waals surface area contributed by atoms with Crippen LogP contribution < -0.4 is 0 Å². The molecule has 0 heterocycles. The summed E-state index contributed by atoms with van der Waals surface area (Å²) in [4.78, 5) is 12.5. The summed E-state index contributed by atoms with van der Waals surface area (Å²) < 4.78 is 5.59. The average Bonchev–Trinajstić information content (AvgIpc) is 2.54. The molecule has 0 radical (unpaired) electrons. The Labute approximate surface area is 148 Å². The van der Waals surface area contributed by atoms with E-state index in [4.69, 9.17) is 4.74 Å². The molecule has 2 nitrogen and oxygen atoms in total. The fraction of sp³-hybridized carbons (Fsp3) is 0.591. The topological polar surface area (TPSA) is 26.3 Å². The molecule has 0 aliphatic heterocycles. The summed E-state index contributed by atoms with van der Waals surface area (Å²) in [6, 6.07) is 10.2. The minimum atomic E-state index is -0.521. The van der Waals surface area contributed by atoms with E-state index in [1.54, 1.807) is 0 Å². The van der Waals surface area contributed by atoms with Crippen LogP contribution in [0.15, 0.2) is 42.0 Å². The summed E-state index contributed by atoms with van der Waals surface area (Å²) in [5, 5.41) is 0. The smallest absolute Gasteiger partial charge is 0.312 e. The van der Waals surface area contributed by atoms with Crippen LogP contribution in [0.2, 0.25) is 0 Å².